The summed E-state index contributed by atoms with van der Waals surface area (Å²) in [6, 6.07) is 7.47. The largest absolute Gasteiger partial charge is 0.772 e. The fourth-order valence-electron chi connectivity index (χ4n) is 0.823. The van der Waals surface area contributed by atoms with E-state index in [1.165, 1.54) is 12.1 Å². The maximum atomic E-state index is 11.2. The Kier molecular flexibility index (Phi) is 3.18. The zero-order chi connectivity index (χ0) is 9.90. The molecule has 0 saturated heterocycles. The molecule has 0 N–H and O–H groups in total. The molecule has 1 unspecified atom stereocenters. The third-order valence-electron chi connectivity index (χ3n) is 1.35. The molecule has 6 heteroatoms. The maximum absolute atomic E-state index is 11.2. The Balaban J connectivity index is 3.02. The number of rotatable bonds is 3. The van der Waals surface area contributed by atoms with Gasteiger partial charge in [0, 0.05) is 0 Å². The van der Waals surface area contributed by atoms with Crippen LogP contribution in [-0.2, 0) is 20.9 Å². The van der Waals surface area contributed by atoms with Crippen molar-refractivity contribution in [1.82, 2.24) is 0 Å². The van der Waals surface area contributed by atoms with E-state index in [1.807, 2.05) is 0 Å². The lowest BCUT2D eigenvalue weighted by Crippen LogP contribution is -2.10. The van der Waals surface area contributed by atoms with Gasteiger partial charge in [-0.2, -0.15) is 0 Å². The molecule has 1 rings (SSSR count). The zero-order valence-electron chi connectivity index (χ0n) is 6.54. The van der Waals surface area contributed by atoms with E-state index in [4.69, 9.17) is 0 Å². The van der Waals surface area contributed by atoms with Crippen molar-refractivity contribution in [3.63, 3.8) is 0 Å². The standard InChI is InChI=1S/C7H8O4S2/c8-12(9)6-13(10,11)7-4-2-1-3-5-7/h1-5H,6H2,(H,8,9)/p-1. The van der Waals surface area contributed by atoms with Crippen molar-refractivity contribution in [2.75, 3.05) is 5.08 Å². The predicted octanol–water partition coefficient (Wildman–Crippen LogP) is 0.297. The van der Waals surface area contributed by atoms with Gasteiger partial charge >= 0.3 is 0 Å². The van der Waals surface area contributed by atoms with Crippen LogP contribution in [-0.4, -0.2) is 22.3 Å². The summed E-state index contributed by atoms with van der Waals surface area (Å²) in [4.78, 5) is 0.0270. The molecule has 1 aromatic carbocycles. The lowest BCUT2D eigenvalue weighted by atomic mass is 10.4. The van der Waals surface area contributed by atoms with E-state index in [2.05, 4.69) is 0 Å². The van der Waals surface area contributed by atoms with Crippen LogP contribution < -0.4 is 0 Å². The summed E-state index contributed by atoms with van der Waals surface area (Å²) < 4.78 is 42.9. The molecule has 0 radical (unpaired) electrons. The second kappa shape index (κ2) is 3.99. The minimum atomic E-state index is -3.67. The number of benzene rings is 1. The van der Waals surface area contributed by atoms with Crippen LogP contribution in [0.25, 0.3) is 0 Å². The van der Waals surface area contributed by atoms with Crippen molar-refractivity contribution in [2.45, 2.75) is 4.90 Å². The first-order valence-corrected chi connectivity index (χ1v) is 6.26. The Hall–Kier alpha value is -0.720. The first-order valence-electron chi connectivity index (χ1n) is 3.36. The fourth-order valence-corrected chi connectivity index (χ4v) is 2.95. The quantitative estimate of drug-likeness (QED) is 0.685. The summed E-state index contributed by atoms with van der Waals surface area (Å²) in [5.41, 5.74) is 0. The predicted molar refractivity (Wildman–Crippen MR) is 47.4 cm³/mol. The number of hydrogen-bond acceptors (Lipinski definition) is 4. The lowest BCUT2D eigenvalue weighted by molar-refractivity contribution is 0.539. The molecule has 0 amide bonds. The van der Waals surface area contributed by atoms with Crippen LogP contribution in [0, 0.1) is 0 Å². The molecule has 0 heterocycles. The van der Waals surface area contributed by atoms with Crippen LogP contribution in [0.4, 0.5) is 0 Å². The van der Waals surface area contributed by atoms with Crippen molar-refractivity contribution < 1.29 is 17.2 Å². The average molecular weight is 219 g/mol. The van der Waals surface area contributed by atoms with Crippen LogP contribution >= 0.6 is 0 Å². The molecule has 0 aromatic heterocycles. The molecule has 1 aromatic rings. The van der Waals surface area contributed by atoms with Crippen molar-refractivity contribution >= 4 is 20.9 Å². The van der Waals surface area contributed by atoms with Gasteiger partial charge in [-0.1, -0.05) is 18.2 Å². The van der Waals surface area contributed by atoms with Gasteiger partial charge in [0.25, 0.3) is 0 Å². The first kappa shape index (κ1) is 10.4. The minimum Gasteiger partial charge on any atom is -0.772 e. The second-order valence-corrected chi connectivity index (χ2v) is 5.60. The van der Waals surface area contributed by atoms with E-state index < -0.39 is 26.0 Å². The molecule has 13 heavy (non-hydrogen) atoms. The zero-order valence-corrected chi connectivity index (χ0v) is 8.18. The van der Waals surface area contributed by atoms with Gasteiger partial charge in [-0.05, 0) is 23.2 Å². The smallest absolute Gasteiger partial charge is 0.189 e. The molecule has 0 aliphatic carbocycles. The topological polar surface area (TPSA) is 74.3 Å². The van der Waals surface area contributed by atoms with E-state index in [0.29, 0.717) is 0 Å². The molecule has 4 nitrogen and oxygen atoms in total. The molecule has 1 atom stereocenters. The second-order valence-electron chi connectivity index (χ2n) is 2.35. The van der Waals surface area contributed by atoms with E-state index >= 15 is 0 Å². The van der Waals surface area contributed by atoms with Crippen molar-refractivity contribution in [2.24, 2.45) is 0 Å². The Bertz CT molecular complexity index is 396. The van der Waals surface area contributed by atoms with Gasteiger partial charge in [0.1, 0.15) is 5.08 Å². The van der Waals surface area contributed by atoms with Gasteiger partial charge in [0.15, 0.2) is 9.84 Å². The van der Waals surface area contributed by atoms with Gasteiger partial charge in [0.2, 0.25) is 0 Å². The summed E-state index contributed by atoms with van der Waals surface area (Å²) in [6.45, 7) is 0. The third kappa shape index (κ3) is 2.91. The number of sulfone groups is 1. The normalized spacial score (nSPS) is 13.9. The Morgan fingerprint density at radius 1 is 1.23 bits per heavy atom. The van der Waals surface area contributed by atoms with Crippen molar-refractivity contribution in [3.8, 4) is 0 Å². The molecular formula is C7H7O4S2-. The van der Waals surface area contributed by atoms with Crippen LogP contribution in [0.3, 0.4) is 0 Å². The minimum absolute atomic E-state index is 0.0270. The Labute approximate surface area is 78.8 Å². The SMILES string of the molecule is O=S([O-])CS(=O)(=O)c1ccccc1. The molecule has 0 spiro atoms. The third-order valence-corrected chi connectivity index (χ3v) is 4.36. The van der Waals surface area contributed by atoms with E-state index in [9.17, 15) is 17.2 Å². The fraction of sp³-hybridized carbons (Fsp3) is 0.143. The summed E-state index contributed by atoms with van der Waals surface area (Å²) in [6.07, 6.45) is 0. The Morgan fingerprint density at radius 3 is 2.23 bits per heavy atom. The Morgan fingerprint density at radius 2 is 1.77 bits per heavy atom. The van der Waals surface area contributed by atoms with Gasteiger partial charge in [-0.3, -0.25) is 4.21 Å². The summed E-state index contributed by atoms with van der Waals surface area (Å²) in [5.74, 6) is 0. The number of hydrogen-bond donors (Lipinski definition) is 0. The van der Waals surface area contributed by atoms with Crippen LogP contribution in [0.15, 0.2) is 35.2 Å². The van der Waals surface area contributed by atoms with Crippen molar-refractivity contribution in [3.05, 3.63) is 30.3 Å². The van der Waals surface area contributed by atoms with Gasteiger partial charge in [0.05, 0.1) is 4.90 Å². The molecule has 0 saturated carbocycles. The van der Waals surface area contributed by atoms with E-state index in [0.717, 1.165) is 0 Å². The lowest BCUT2D eigenvalue weighted by Gasteiger charge is -2.05. The highest BCUT2D eigenvalue weighted by Crippen LogP contribution is 2.10. The summed E-state index contributed by atoms with van der Waals surface area (Å²) >= 11 is -2.57. The van der Waals surface area contributed by atoms with E-state index in [-0.39, 0.29) is 4.90 Å². The molecular weight excluding hydrogens is 212 g/mol. The van der Waals surface area contributed by atoms with Gasteiger partial charge in [-0.25, -0.2) is 8.42 Å². The molecule has 0 aliphatic heterocycles. The van der Waals surface area contributed by atoms with Crippen LogP contribution in [0.1, 0.15) is 0 Å². The maximum Gasteiger partial charge on any atom is 0.189 e. The van der Waals surface area contributed by atoms with E-state index in [1.54, 1.807) is 18.2 Å². The van der Waals surface area contributed by atoms with Gasteiger partial charge < -0.3 is 4.55 Å². The van der Waals surface area contributed by atoms with Crippen molar-refractivity contribution in [1.29, 1.82) is 0 Å². The highest BCUT2D eigenvalue weighted by Gasteiger charge is 2.13. The first-order chi connectivity index (χ1) is 6.02. The highest BCUT2D eigenvalue weighted by molar-refractivity contribution is 8.03. The van der Waals surface area contributed by atoms with Crippen LogP contribution in [0.5, 0.6) is 0 Å². The molecule has 72 valence electrons. The van der Waals surface area contributed by atoms with Gasteiger partial charge in [-0.15, -0.1) is 0 Å². The molecule has 0 fully saturated rings. The highest BCUT2D eigenvalue weighted by atomic mass is 32.3. The molecule has 0 aliphatic rings. The summed E-state index contributed by atoms with van der Waals surface area (Å²) in [7, 11) is -3.67. The molecule has 0 bridgehead atoms. The monoisotopic (exact) mass is 219 g/mol. The average Bonchev–Trinajstić information content (AvgIpc) is 2.04. The summed E-state index contributed by atoms with van der Waals surface area (Å²) in [5, 5.41) is -0.864. The van der Waals surface area contributed by atoms with Crippen LogP contribution in [0.2, 0.25) is 0 Å².